The minimum atomic E-state index is 0.279. The van der Waals surface area contributed by atoms with E-state index in [1.807, 2.05) is 13.8 Å². The first-order valence-electron chi connectivity index (χ1n) is 5.50. The minimum absolute atomic E-state index is 0.279. The molecule has 1 aliphatic carbocycles. The number of ether oxygens (including phenoxy) is 1. The molecule has 0 radical (unpaired) electrons. The van der Waals surface area contributed by atoms with Gasteiger partial charge < -0.3 is 15.4 Å². The fraction of sp³-hybridized carbons (Fsp3) is 0.700. The molecule has 1 saturated carbocycles. The van der Waals surface area contributed by atoms with Crippen LogP contribution in [0.1, 0.15) is 26.7 Å². The Labute approximate surface area is 94.9 Å². The van der Waals surface area contributed by atoms with Crippen LogP contribution in [0.5, 0.6) is 6.01 Å². The highest BCUT2D eigenvalue weighted by atomic mass is 16.5. The Bertz CT molecular complexity index is 342. The zero-order valence-corrected chi connectivity index (χ0v) is 9.82. The Kier molecular flexibility index (Phi) is 3.07. The van der Waals surface area contributed by atoms with Crippen LogP contribution in [0.2, 0.25) is 0 Å². The molecule has 0 unspecified atom stereocenters. The topological polar surface area (TPSA) is 72.0 Å². The van der Waals surface area contributed by atoms with E-state index in [0.29, 0.717) is 23.9 Å². The highest BCUT2D eigenvalue weighted by Crippen LogP contribution is 2.23. The van der Waals surface area contributed by atoms with Crippen molar-refractivity contribution in [2.75, 3.05) is 17.7 Å². The number of rotatable bonds is 5. The van der Waals surface area contributed by atoms with Gasteiger partial charge in [-0.15, -0.1) is 0 Å². The largest absolute Gasteiger partial charge is 0.467 e. The van der Waals surface area contributed by atoms with E-state index in [2.05, 4.69) is 25.6 Å². The van der Waals surface area contributed by atoms with Crippen molar-refractivity contribution in [3.05, 3.63) is 0 Å². The monoisotopic (exact) mass is 223 g/mol. The minimum Gasteiger partial charge on any atom is -0.467 e. The molecule has 0 amide bonds. The first kappa shape index (κ1) is 10.9. The first-order chi connectivity index (χ1) is 7.67. The van der Waals surface area contributed by atoms with Gasteiger partial charge in [-0.05, 0) is 26.7 Å². The van der Waals surface area contributed by atoms with Gasteiger partial charge in [0.05, 0.1) is 7.11 Å². The molecular formula is C10H17N5O. The summed E-state index contributed by atoms with van der Waals surface area (Å²) in [6, 6.07) is 1.13. The molecule has 2 N–H and O–H groups in total. The fourth-order valence-electron chi connectivity index (χ4n) is 1.25. The summed E-state index contributed by atoms with van der Waals surface area (Å²) < 4.78 is 5.04. The van der Waals surface area contributed by atoms with Crippen molar-refractivity contribution in [2.45, 2.75) is 38.8 Å². The summed E-state index contributed by atoms with van der Waals surface area (Å²) in [4.78, 5) is 12.5. The zero-order valence-electron chi connectivity index (χ0n) is 9.82. The van der Waals surface area contributed by atoms with Crippen LogP contribution < -0.4 is 15.4 Å². The standard InChI is InChI=1S/C10H17N5O/c1-6(2)11-8-13-9(12-7-4-5-7)15-10(14-8)16-3/h6-7H,4-5H2,1-3H3,(H2,11,12,13,14,15). The summed E-state index contributed by atoms with van der Waals surface area (Å²) in [5.41, 5.74) is 0. The predicted molar refractivity (Wildman–Crippen MR) is 61.8 cm³/mol. The predicted octanol–water partition coefficient (Wildman–Crippen LogP) is 1.27. The SMILES string of the molecule is COc1nc(NC(C)C)nc(NC2CC2)n1. The molecule has 0 aliphatic heterocycles. The van der Waals surface area contributed by atoms with Gasteiger partial charge in [0.15, 0.2) is 0 Å². The van der Waals surface area contributed by atoms with Gasteiger partial charge in [-0.1, -0.05) is 0 Å². The number of methoxy groups -OCH3 is 1. The lowest BCUT2D eigenvalue weighted by molar-refractivity contribution is 0.379. The van der Waals surface area contributed by atoms with E-state index < -0.39 is 0 Å². The highest BCUT2D eigenvalue weighted by Gasteiger charge is 2.22. The lowest BCUT2D eigenvalue weighted by Gasteiger charge is -2.10. The van der Waals surface area contributed by atoms with Crippen molar-refractivity contribution in [2.24, 2.45) is 0 Å². The number of nitrogens with one attached hydrogen (secondary N) is 2. The van der Waals surface area contributed by atoms with Gasteiger partial charge in [-0.2, -0.15) is 15.0 Å². The van der Waals surface area contributed by atoms with E-state index in [-0.39, 0.29) is 6.04 Å². The Balaban J connectivity index is 2.15. The Morgan fingerprint density at radius 1 is 1.19 bits per heavy atom. The second-order valence-corrected chi connectivity index (χ2v) is 4.19. The summed E-state index contributed by atoms with van der Waals surface area (Å²) in [5, 5.41) is 6.35. The van der Waals surface area contributed by atoms with Crippen LogP contribution in [0.3, 0.4) is 0 Å². The van der Waals surface area contributed by atoms with Gasteiger partial charge in [-0.3, -0.25) is 0 Å². The van der Waals surface area contributed by atoms with E-state index in [4.69, 9.17) is 4.74 Å². The fourth-order valence-corrected chi connectivity index (χ4v) is 1.25. The summed E-state index contributed by atoms with van der Waals surface area (Å²) in [6.07, 6.45) is 2.36. The Hall–Kier alpha value is -1.59. The smallest absolute Gasteiger partial charge is 0.322 e. The maximum Gasteiger partial charge on any atom is 0.322 e. The number of anilines is 2. The number of hydrogen-bond acceptors (Lipinski definition) is 6. The third kappa shape index (κ3) is 2.95. The average molecular weight is 223 g/mol. The summed E-state index contributed by atoms with van der Waals surface area (Å²) >= 11 is 0. The van der Waals surface area contributed by atoms with Crippen LogP contribution in [-0.4, -0.2) is 34.1 Å². The maximum absolute atomic E-state index is 5.04. The van der Waals surface area contributed by atoms with Gasteiger partial charge >= 0.3 is 6.01 Å². The van der Waals surface area contributed by atoms with Crippen LogP contribution in [0.25, 0.3) is 0 Å². The van der Waals surface area contributed by atoms with Crippen molar-refractivity contribution < 1.29 is 4.74 Å². The van der Waals surface area contributed by atoms with Crippen LogP contribution >= 0.6 is 0 Å². The summed E-state index contributed by atoms with van der Waals surface area (Å²) in [5.74, 6) is 1.13. The molecule has 0 saturated heterocycles. The normalized spacial score (nSPS) is 15.0. The summed E-state index contributed by atoms with van der Waals surface area (Å²) in [6.45, 7) is 4.06. The van der Waals surface area contributed by atoms with Crippen molar-refractivity contribution in [3.8, 4) is 6.01 Å². The van der Waals surface area contributed by atoms with Gasteiger partial charge in [0.25, 0.3) is 0 Å². The summed E-state index contributed by atoms with van der Waals surface area (Å²) in [7, 11) is 1.55. The molecule has 16 heavy (non-hydrogen) atoms. The molecule has 1 aromatic rings. The second kappa shape index (κ2) is 4.51. The van der Waals surface area contributed by atoms with Crippen LogP contribution in [0.15, 0.2) is 0 Å². The molecule has 1 heterocycles. The second-order valence-electron chi connectivity index (χ2n) is 4.19. The Morgan fingerprint density at radius 3 is 2.44 bits per heavy atom. The number of hydrogen-bond donors (Lipinski definition) is 2. The van der Waals surface area contributed by atoms with Crippen molar-refractivity contribution in [3.63, 3.8) is 0 Å². The molecule has 0 bridgehead atoms. The molecule has 1 aromatic heterocycles. The third-order valence-corrected chi connectivity index (χ3v) is 2.13. The zero-order chi connectivity index (χ0) is 11.5. The van der Waals surface area contributed by atoms with Gasteiger partial charge in [0, 0.05) is 12.1 Å². The van der Waals surface area contributed by atoms with E-state index in [1.165, 1.54) is 12.8 Å². The van der Waals surface area contributed by atoms with Crippen LogP contribution in [-0.2, 0) is 0 Å². The molecule has 1 fully saturated rings. The van der Waals surface area contributed by atoms with Crippen molar-refractivity contribution >= 4 is 11.9 Å². The van der Waals surface area contributed by atoms with Gasteiger partial charge in [0.2, 0.25) is 11.9 Å². The third-order valence-electron chi connectivity index (χ3n) is 2.13. The molecule has 2 rings (SSSR count). The van der Waals surface area contributed by atoms with E-state index >= 15 is 0 Å². The van der Waals surface area contributed by atoms with Crippen molar-refractivity contribution in [1.29, 1.82) is 0 Å². The maximum atomic E-state index is 5.04. The molecular weight excluding hydrogens is 206 g/mol. The van der Waals surface area contributed by atoms with E-state index in [9.17, 15) is 0 Å². The molecule has 0 atom stereocenters. The van der Waals surface area contributed by atoms with E-state index in [0.717, 1.165) is 0 Å². The molecule has 6 heteroatoms. The van der Waals surface area contributed by atoms with Gasteiger partial charge in [0.1, 0.15) is 0 Å². The average Bonchev–Trinajstić information content (AvgIpc) is 3.00. The first-order valence-corrected chi connectivity index (χ1v) is 5.50. The lowest BCUT2D eigenvalue weighted by Crippen LogP contribution is -2.15. The lowest BCUT2D eigenvalue weighted by atomic mass is 10.4. The van der Waals surface area contributed by atoms with Crippen LogP contribution in [0.4, 0.5) is 11.9 Å². The Morgan fingerprint density at radius 2 is 1.88 bits per heavy atom. The van der Waals surface area contributed by atoms with Crippen molar-refractivity contribution in [1.82, 2.24) is 15.0 Å². The number of nitrogens with zero attached hydrogens (tertiary/aromatic N) is 3. The quantitative estimate of drug-likeness (QED) is 0.783. The van der Waals surface area contributed by atoms with Crippen LogP contribution in [0, 0.1) is 0 Å². The number of aromatic nitrogens is 3. The molecule has 1 aliphatic rings. The molecule has 6 nitrogen and oxygen atoms in total. The molecule has 0 aromatic carbocycles. The van der Waals surface area contributed by atoms with E-state index in [1.54, 1.807) is 7.11 Å². The molecule has 88 valence electrons. The highest BCUT2D eigenvalue weighted by molar-refractivity contribution is 5.37. The van der Waals surface area contributed by atoms with Gasteiger partial charge in [-0.25, -0.2) is 0 Å². The molecule has 0 spiro atoms.